The topological polar surface area (TPSA) is 41.6 Å². The summed E-state index contributed by atoms with van der Waals surface area (Å²) in [6.45, 7) is 0.514. The van der Waals surface area contributed by atoms with Gasteiger partial charge in [0.05, 0.1) is 6.54 Å². The minimum absolute atomic E-state index is 0. The molecule has 20 heavy (non-hydrogen) atoms. The third-order valence-electron chi connectivity index (χ3n) is 3.22. The molecular weight excluding hydrogens is 276 g/mol. The Bertz CT molecular complexity index is 523. The lowest BCUT2D eigenvalue weighted by Gasteiger charge is -2.17. The van der Waals surface area contributed by atoms with Crippen molar-refractivity contribution in [2.45, 2.75) is 18.9 Å². The Morgan fingerprint density at radius 3 is 2.95 bits per heavy atom. The van der Waals surface area contributed by atoms with Crippen LogP contribution in [0.2, 0.25) is 0 Å². The Balaban J connectivity index is 0.00000200. The van der Waals surface area contributed by atoms with Gasteiger partial charge in [-0.3, -0.25) is 5.32 Å². The summed E-state index contributed by atoms with van der Waals surface area (Å²) < 4.78 is 5.42. The number of nitrogens with zero attached hydrogens (tertiary/aromatic N) is 1. The lowest BCUT2D eigenvalue weighted by Crippen LogP contribution is -2.26. The van der Waals surface area contributed by atoms with Gasteiger partial charge in [-0.2, -0.15) is 0 Å². The summed E-state index contributed by atoms with van der Waals surface area (Å²) in [6.07, 6.45) is 6.87. The van der Waals surface area contributed by atoms with Crippen LogP contribution < -0.4 is 10.1 Å². The minimum Gasteiger partial charge on any atom is -0.410 e. The van der Waals surface area contributed by atoms with Gasteiger partial charge in [0.25, 0.3) is 0 Å². The molecule has 0 saturated heterocycles. The molecule has 2 rings (SSSR count). The number of nitrogens with one attached hydrogen (secondary N) is 1. The van der Waals surface area contributed by atoms with Crippen molar-refractivity contribution in [1.29, 1.82) is 0 Å². The molecule has 0 fully saturated rings. The highest BCUT2D eigenvalue weighted by molar-refractivity contribution is 5.85. The average molecular weight is 295 g/mol. The van der Waals surface area contributed by atoms with E-state index in [4.69, 9.17) is 11.2 Å². The molecule has 1 amide bonds. The number of carbonyl (C=O) groups is 1. The van der Waals surface area contributed by atoms with Gasteiger partial charge < -0.3 is 9.64 Å². The molecule has 1 aromatic rings. The fourth-order valence-corrected chi connectivity index (χ4v) is 2.31. The van der Waals surface area contributed by atoms with E-state index in [1.165, 1.54) is 10.5 Å². The predicted molar refractivity (Wildman–Crippen MR) is 81.3 cm³/mol. The molecule has 1 aliphatic carbocycles. The van der Waals surface area contributed by atoms with Crippen molar-refractivity contribution >= 4 is 18.5 Å². The number of halogens is 1. The number of rotatable bonds is 3. The van der Waals surface area contributed by atoms with Crippen molar-refractivity contribution in [1.82, 2.24) is 10.2 Å². The van der Waals surface area contributed by atoms with E-state index in [9.17, 15) is 4.79 Å². The molecule has 108 valence electrons. The Hall–Kier alpha value is -1.70. The maximum Gasteiger partial charge on any atom is 0.414 e. The average Bonchev–Trinajstić information content (AvgIpc) is 2.80. The zero-order valence-corrected chi connectivity index (χ0v) is 12.5. The number of fused-ring (bicyclic) bond motifs is 1. The second-order valence-electron chi connectivity index (χ2n) is 4.77. The Labute approximate surface area is 125 Å². The Morgan fingerprint density at radius 2 is 2.30 bits per heavy atom. The monoisotopic (exact) mass is 294 g/mol. The van der Waals surface area contributed by atoms with Crippen molar-refractivity contribution in [3.8, 4) is 18.1 Å². The summed E-state index contributed by atoms with van der Waals surface area (Å²) in [5, 5.41) is 3.29. The van der Waals surface area contributed by atoms with Gasteiger partial charge in [-0.05, 0) is 24.5 Å². The van der Waals surface area contributed by atoms with Crippen molar-refractivity contribution < 1.29 is 9.53 Å². The largest absolute Gasteiger partial charge is 0.414 e. The molecule has 0 spiro atoms. The van der Waals surface area contributed by atoms with Gasteiger partial charge in [-0.25, -0.2) is 4.79 Å². The van der Waals surface area contributed by atoms with Crippen LogP contribution in [0.5, 0.6) is 5.75 Å². The molecule has 1 N–H and O–H groups in total. The molecule has 1 aromatic carbocycles. The molecule has 0 aromatic heterocycles. The van der Waals surface area contributed by atoms with Crippen LogP contribution >= 0.6 is 12.4 Å². The number of carbonyl (C=O) groups excluding carboxylic acids is 1. The summed E-state index contributed by atoms with van der Waals surface area (Å²) in [5.74, 6) is 3.20. The molecule has 0 aliphatic heterocycles. The highest BCUT2D eigenvalue weighted by Gasteiger charge is 2.26. The quantitative estimate of drug-likeness (QED) is 0.870. The third-order valence-corrected chi connectivity index (χ3v) is 3.22. The van der Waals surface area contributed by atoms with Crippen molar-refractivity contribution in [3.05, 3.63) is 29.3 Å². The van der Waals surface area contributed by atoms with E-state index >= 15 is 0 Å². The van der Waals surface area contributed by atoms with Gasteiger partial charge >= 0.3 is 6.09 Å². The van der Waals surface area contributed by atoms with E-state index in [1.54, 1.807) is 14.1 Å². The molecular formula is C15H19ClN2O2. The van der Waals surface area contributed by atoms with Gasteiger partial charge in [0.1, 0.15) is 5.75 Å². The Morgan fingerprint density at radius 1 is 1.55 bits per heavy atom. The van der Waals surface area contributed by atoms with Crippen LogP contribution in [0.15, 0.2) is 18.2 Å². The first-order valence-corrected chi connectivity index (χ1v) is 6.31. The molecule has 0 radical (unpaired) electrons. The summed E-state index contributed by atoms with van der Waals surface area (Å²) in [4.78, 5) is 13.1. The van der Waals surface area contributed by atoms with E-state index in [-0.39, 0.29) is 24.5 Å². The SMILES string of the molecule is C#CCNC1CCc2cccc(OC(=O)N(C)C)c21.Cl. The van der Waals surface area contributed by atoms with Gasteiger partial charge in [-0.15, -0.1) is 18.8 Å². The van der Waals surface area contributed by atoms with Crippen LogP contribution in [-0.4, -0.2) is 31.6 Å². The van der Waals surface area contributed by atoms with Gasteiger partial charge in [0.15, 0.2) is 0 Å². The van der Waals surface area contributed by atoms with Crippen LogP contribution in [0.1, 0.15) is 23.6 Å². The number of benzene rings is 1. The lowest BCUT2D eigenvalue weighted by atomic mass is 10.1. The summed E-state index contributed by atoms with van der Waals surface area (Å²) in [5.41, 5.74) is 2.28. The van der Waals surface area contributed by atoms with E-state index in [1.807, 2.05) is 12.1 Å². The number of ether oxygens (including phenoxy) is 1. The number of hydrogen-bond donors (Lipinski definition) is 1. The fraction of sp³-hybridized carbons (Fsp3) is 0.400. The van der Waals surface area contributed by atoms with Crippen molar-refractivity contribution in [2.75, 3.05) is 20.6 Å². The van der Waals surface area contributed by atoms with Crippen LogP contribution in [-0.2, 0) is 6.42 Å². The number of hydrogen-bond acceptors (Lipinski definition) is 3. The number of amides is 1. The molecule has 0 heterocycles. The van der Waals surface area contributed by atoms with E-state index in [2.05, 4.69) is 17.3 Å². The summed E-state index contributed by atoms with van der Waals surface area (Å²) in [6, 6.07) is 5.98. The summed E-state index contributed by atoms with van der Waals surface area (Å²) in [7, 11) is 3.33. The molecule has 0 bridgehead atoms. The van der Waals surface area contributed by atoms with E-state index < -0.39 is 0 Å². The number of terminal acetylenes is 1. The van der Waals surface area contributed by atoms with E-state index in [0.29, 0.717) is 12.3 Å². The predicted octanol–water partition coefficient (Wildman–Crippen LogP) is 2.38. The van der Waals surface area contributed by atoms with Crippen molar-refractivity contribution in [3.63, 3.8) is 0 Å². The zero-order chi connectivity index (χ0) is 13.8. The highest BCUT2D eigenvalue weighted by atomic mass is 35.5. The maximum absolute atomic E-state index is 11.7. The minimum atomic E-state index is -0.365. The highest BCUT2D eigenvalue weighted by Crippen LogP contribution is 2.37. The van der Waals surface area contributed by atoms with Crippen LogP contribution in [0.3, 0.4) is 0 Å². The van der Waals surface area contributed by atoms with Gasteiger partial charge in [0, 0.05) is 25.7 Å². The molecule has 0 saturated carbocycles. The Kier molecular flexibility index (Phi) is 5.87. The lowest BCUT2D eigenvalue weighted by molar-refractivity contribution is 0.171. The standard InChI is InChI=1S/C15H18N2O2.ClH/c1-4-10-16-12-9-8-11-6-5-7-13(14(11)12)19-15(18)17(2)3;/h1,5-7,12,16H,8-10H2,2-3H3;1H. The first kappa shape index (κ1) is 16.4. The second kappa shape index (κ2) is 7.18. The first-order valence-electron chi connectivity index (χ1n) is 6.31. The first-order chi connectivity index (χ1) is 9.13. The van der Waals surface area contributed by atoms with Crippen LogP contribution in [0.25, 0.3) is 0 Å². The molecule has 1 aliphatic rings. The van der Waals surface area contributed by atoms with Gasteiger partial charge in [-0.1, -0.05) is 18.1 Å². The van der Waals surface area contributed by atoms with Crippen LogP contribution in [0, 0.1) is 12.3 Å². The van der Waals surface area contributed by atoms with Gasteiger partial charge in [0.2, 0.25) is 0 Å². The summed E-state index contributed by atoms with van der Waals surface area (Å²) >= 11 is 0. The normalized spacial score (nSPS) is 15.8. The molecule has 1 atom stereocenters. The molecule has 5 heteroatoms. The third kappa shape index (κ3) is 3.44. The smallest absolute Gasteiger partial charge is 0.410 e. The number of aryl methyl sites for hydroxylation is 1. The van der Waals surface area contributed by atoms with E-state index in [0.717, 1.165) is 18.4 Å². The van der Waals surface area contributed by atoms with Crippen LogP contribution in [0.4, 0.5) is 4.79 Å². The fourth-order valence-electron chi connectivity index (χ4n) is 2.31. The second-order valence-corrected chi connectivity index (χ2v) is 4.77. The molecule has 1 unspecified atom stereocenters. The zero-order valence-electron chi connectivity index (χ0n) is 11.7. The maximum atomic E-state index is 11.7. The molecule has 4 nitrogen and oxygen atoms in total. The van der Waals surface area contributed by atoms with Crippen molar-refractivity contribution in [2.24, 2.45) is 0 Å².